The third-order valence-corrected chi connectivity index (χ3v) is 4.34. The molecule has 7 nitrogen and oxygen atoms in total. The third kappa shape index (κ3) is 5.11. The predicted octanol–water partition coefficient (Wildman–Crippen LogP) is 3.94. The van der Waals surface area contributed by atoms with Gasteiger partial charge < -0.3 is 13.9 Å². The summed E-state index contributed by atoms with van der Waals surface area (Å²) in [6.45, 7) is 2.72. The summed E-state index contributed by atoms with van der Waals surface area (Å²) < 4.78 is 17.1. The molecular weight excluding hydrogens is 324 g/mol. The van der Waals surface area contributed by atoms with Crippen molar-refractivity contribution >= 4 is 5.69 Å². The second-order valence-electron chi connectivity index (χ2n) is 6.31. The lowest BCUT2D eigenvalue weighted by Gasteiger charge is -2.29. The van der Waals surface area contributed by atoms with Gasteiger partial charge in [-0.3, -0.25) is 10.1 Å². The van der Waals surface area contributed by atoms with Crippen molar-refractivity contribution in [3.8, 4) is 0 Å². The molecule has 3 rings (SSSR count). The maximum atomic E-state index is 10.7. The Hall–Kier alpha value is -2.25. The molecule has 1 fully saturated rings. The average Bonchev–Trinajstić information content (AvgIpc) is 3.04. The van der Waals surface area contributed by atoms with Gasteiger partial charge in [0.25, 0.3) is 5.69 Å². The molecule has 1 aliphatic carbocycles. The van der Waals surface area contributed by atoms with Crippen molar-refractivity contribution < 1.29 is 18.8 Å². The minimum absolute atomic E-state index is 0.0953. The van der Waals surface area contributed by atoms with Crippen molar-refractivity contribution in [2.24, 2.45) is 0 Å². The Morgan fingerprint density at radius 3 is 2.48 bits per heavy atom. The highest BCUT2D eigenvalue weighted by Gasteiger charge is 2.23. The minimum Gasteiger partial charge on any atom is -0.449 e. The van der Waals surface area contributed by atoms with Crippen LogP contribution in [0.15, 0.2) is 34.9 Å². The van der Waals surface area contributed by atoms with Crippen LogP contribution in [0.5, 0.6) is 0 Å². The van der Waals surface area contributed by atoms with Crippen LogP contribution in [0, 0.1) is 17.0 Å². The highest BCUT2D eigenvalue weighted by atomic mass is 16.6. The number of hydrogen-bond acceptors (Lipinski definition) is 6. The van der Waals surface area contributed by atoms with Gasteiger partial charge in [0.1, 0.15) is 12.0 Å². The van der Waals surface area contributed by atoms with Crippen molar-refractivity contribution in [1.29, 1.82) is 0 Å². The monoisotopic (exact) mass is 346 g/mol. The molecule has 7 heteroatoms. The van der Waals surface area contributed by atoms with Gasteiger partial charge in [0.2, 0.25) is 0 Å². The molecule has 1 saturated carbocycles. The number of nitro benzene ring substituents is 1. The summed E-state index contributed by atoms with van der Waals surface area (Å²) in [5, 5.41) is 10.7. The van der Waals surface area contributed by atoms with Gasteiger partial charge in [-0.05, 0) is 43.4 Å². The average molecular weight is 346 g/mol. The van der Waals surface area contributed by atoms with E-state index in [-0.39, 0.29) is 17.9 Å². The van der Waals surface area contributed by atoms with Crippen molar-refractivity contribution in [1.82, 2.24) is 4.98 Å². The standard InChI is InChI=1S/C18H22N2O5/c1-13-19-15(11-23-13)12-25-18-4-2-3-17(9-18)24-10-14-5-7-16(8-6-14)20(21)22/h5-8,11,17-18H,2-4,9-10,12H2,1H3/t17-,18+/m1/s1. The van der Waals surface area contributed by atoms with E-state index in [0.29, 0.717) is 19.1 Å². The van der Waals surface area contributed by atoms with Crippen LogP contribution in [-0.2, 0) is 22.7 Å². The number of ether oxygens (including phenoxy) is 2. The second-order valence-corrected chi connectivity index (χ2v) is 6.31. The van der Waals surface area contributed by atoms with Gasteiger partial charge in [0, 0.05) is 19.1 Å². The number of hydrogen-bond donors (Lipinski definition) is 0. The molecule has 0 spiro atoms. The van der Waals surface area contributed by atoms with E-state index >= 15 is 0 Å². The van der Waals surface area contributed by atoms with Crippen LogP contribution in [0.4, 0.5) is 5.69 Å². The van der Waals surface area contributed by atoms with E-state index in [4.69, 9.17) is 13.9 Å². The molecule has 1 aromatic heterocycles. The number of oxazole rings is 1. The van der Waals surface area contributed by atoms with Crippen LogP contribution in [0.1, 0.15) is 42.8 Å². The summed E-state index contributed by atoms with van der Waals surface area (Å²) in [5.41, 5.74) is 1.84. The number of nitro groups is 1. The number of aromatic nitrogens is 1. The van der Waals surface area contributed by atoms with E-state index in [1.54, 1.807) is 18.4 Å². The van der Waals surface area contributed by atoms with Crippen LogP contribution in [0.3, 0.4) is 0 Å². The Balaban J connectivity index is 1.44. The molecule has 1 aliphatic rings. The molecule has 0 unspecified atom stereocenters. The normalized spacial score (nSPS) is 20.5. The minimum atomic E-state index is -0.399. The molecule has 0 aliphatic heterocycles. The van der Waals surface area contributed by atoms with E-state index in [0.717, 1.165) is 36.9 Å². The molecule has 1 aromatic carbocycles. The lowest BCUT2D eigenvalue weighted by Crippen LogP contribution is -2.28. The molecule has 0 saturated heterocycles. The van der Waals surface area contributed by atoms with Crippen molar-refractivity contribution in [2.75, 3.05) is 0 Å². The van der Waals surface area contributed by atoms with Crippen molar-refractivity contribution in [2.45, 2.75) is 58.0 Å². The molecule has 2 atom stereocenters. The summed E-state index contributed by atoms with van der Waals surface area (Å²) in [7, 11) is 0. The van der Waals surface area contributed by atoms with Crippen molar-refractivity contribution in [3.63, 3.8) is 0 Å². The van der Waals surface area contributed by atoms with Gasteiger partial charge in [0.05, 0.1) is 30.3 Å². The van der Waals surface area contributed by atoms with Crippen LogP contribution >= 0.6 is 0 Å². The molecule has 134 valence electrons. The number of rotatable bonds is 7. The summed E-state index contributed by atoms with van der Waals surface area (Å²) in [6, 6.07) is 6.49. The van der Waals surface area contributed by atoms with E-state index in [9.17, 15) is 10.1 Å². The number of non-ortho nitro benzene ring substituents is 1. The van der Waals surface area contributed by atoms with E-state index in [2.05, 4.69) is 4.98 Å². The predicted molar refractivity (Wildman–Crippen MR) is 90.0 cm³/mol. The van der Waals surface area contributed by atoms with Gasteiger partial charge in [-0.25, -0.2) is 4.98 Å². The van der Waals surface area contributed by atoms with Gasteiger partial charge in [-0.15, -0.1) is 0 Å². The molecule has 1 heterocycles. The van der Waals surface area contributed by atoms with Gasteiger partial charge in [-0.2, -0.15) is 0 Å². The molecule has 0 N–H and O–H groups in total. The summed E-state index contributed by atoms with van der Waals surface area (Å²) in [6.07, 6.45) is 5.88. The fourth-order valence-corrected chi connectivity index (χ4v) is 3.01. The first kappa shape index (κ1) is 17.6. The fourth-order valence-electron chi connectivity index (χ4n) is 3.01. The molecule has 25 heavy (non-hydrogen) atoms. The first-order valence-corrected chi connectivity index (χ1v) is 8.47. The SMILES string of the molecule is Cc1nc(CO[C@H]2CCC[C@@H](OCc3ccc([N+](=O)[O-])cc3)C2)co1. The molecular formula is C18H22N2O5. The van der Waals surface area contributed by atoms with Gasteiger partial charge >= 0.3 is 0 Å². The van der Waals surface area contributed by atoms with Crippen LogP contribution in [0.25, 0.3) is 0 Å². The Labute approximate surface area is 146 Å². The molecule has 0 bridgehead atoms. The summed E-state index contributed by atoms with van der Waals surface area (Å²) in [5.74, 6) is 0.645. The maximum absolute atomic E-state index is 10.7. The van der Waals surface area contributed by atoms with E-state index < -0.39 is 4.92 Å². The topological polar surface area (TPSA) is 87.6 Å². The summed E-state index contributed by atoms with van der Waals surface area (Å²) >= 11 is 0. The Bertz CT molecular complexity index is 698. The lowest BCUT2D eigenvalue weighted by atomic mass is 9.95. The zero-order valence-electron chi connectivity index (χ0n) is 14.2. The Morgan fingerprint density at radius 2 is 1.88 bits per heavy atom. The quantitative estimate of drug-likeness (QED) is 0.557. The Morgan fingerprint density at radius 1 is 1.20 bits per heavy atom. The smallest absolute Gasteiger partial charge is 0.269 e. The first-order chi connectivity index (χ1) is 12.1. The molecule has 0 radical (unpaired) electrons. The van der Waals surface area contributed by atoms with Gasteiger partial charge in [0.15, 0.2) is 5.89 Å². The summed E-state index contributed by atoms with van der Waals surface area (Å²) in [4.78, 5) is 14.5. The van der Waals surface area contributed by atoms with Gasteiger partial charge in [-0.1, -0.05) is 0 Å². The van der Waals surface area contributed by atoms with Crippen LogP contribution in [0.2, 0.25) is 0 Å². The van der Waals surface area contributed by atoms with Crippen LogP contribution < -0.4 is 0 Å². The fraction of sp³-hybridized carbons (Fsp3) is 0.500. The second kappa shape index (κ2) is 8.22. The third-order valence-electron chi connectivity index (χ3n) is 4.34. The largest absolute Gasteiger partial charge is 0.449 e. The zero-order valence-corrected chi connectivity index (χ0v) is 14.2. The lowest BCUT2D eigenvalue weighted by molar-refractivity contribution is -0.384. The van der Waals surface area contributed by atoms with E-state index in [1.807, 2.05) is 6.92 Å². The van der Waals surface area contributed by atoms with Crippen LogP contribution in [-0.4, -0.2) is 22.1 Å². The number of nitrogens with zero attached hydrogens (tertiary/aromatic N) is 2. The molecule has 2 aromatic rings. The highest BCUT2D eigenvalue weighted by Crippen LogP contribution is 2.25. The zero-order chi connectivity index (χ0) is 17.6. The first-order valence-electron chi connectivity index (χ1n) is 8.47. The highest BCUT2D eigenvalue weighted by molar-refractivity contribution is 5.32. The number of benzene rings is 1. The number of aryl methyl sites for hydroxylation is 1. The molecule has 0 amide bonds. The van der Waals surface area contributed by atoms with E-state index in [1.165, 1.54) is 12.1 Å². The van der Waals surface area contributed by atoms with Crippen molar-refractivity contribution in [3.05, 3.63) is 57.8 Å². The Kier molecular flexibility index (Phi) is 5.78. The maximum Gasteiger partial charge on any atom is 0.269 e.